The van der Waals surface area contributed by atoms with Gasteiger partial charge in [0.25, 0.3) is 0 Å². The number of fused-ring (bicyclic) bond motifs is 1. The van der Waals surface area contributed by atoms with Gasteiger partial charge in [-0.25, -0.2) is 33.5 Å². The van der Waals surface area contributed by atoms with Gasteiger partial charge in [0, 0.05) is 37.8 Å². The molecule has 0 spiro atoms. The van der Waals surface area contributed by atoms with Crippen molar-refractivity contribution in [1.82, 2.24) is 24.8 Å². The van der Waals surface area contributed by atoms with E-state index in [0.717, 1.165) is 0 Å². The smallest absolute Gasteiger partial charge is 0.410 e. The maximum Gasteiger partial charge on any atom is 0.410 e. The molecule has 4 heterocycles. The first-order valence-corrected chi connectivity index (χ1v) is 13.6. The predicted molar refractivity (Wildman–Crippen MR) is 153 cm³/mol. The van der Waals surface area contributed by atoms with Gasteiger partial charge in [-0.05, 0) is 53.7 Å². The Morgan fingerprint density at radius 2 is 1.80 bits per heavy atom. The molecule has 2 aromatic heterocycles. The number of halogens is 2. The van der Waals surface area contributed by atoms with Crippen molar-refractivity contribution in [3.63, 3.8) is 0 Å². The van der Waals surface area contributed by atoms with E-state index < -0.39 is 17.2 Å². The molecule has 0 radical (unpaired) electrons. The van der Waals surface area contributed by atoms with E-state index in [9.17, 15) is 4.79 Å². The number of hydrogen-bond acceptors (Lipinski definition) is 10. The fourth-order valence-corrected chi connectivity index (χ4v) is 5.06. The number of aromatic nitrogens is 4. The number of nitrogens with zero attached hydrogens (tertiary/aromatic N) is 7. The van der Waals surface area contributed by atoms with Crippen molar-refractivity contribution in [1.29, 1.82) is 0 Å². The van der Waals surface area contributed by atoms with Crippen molar-refractivity contribution >= 4 is 34.9 Å². The summed E-state index contributed by atoms with van der Waals surface area (Å²) in [6, 6.07) is 3.12. The molecule has 5 rings (SSSR count). The second-order valence-corrected chi connectivity index (χ2v) is 11.4. The highest BCUT2D eigenvalue weighted by molar-refractivity contribution is 5.82. The van der Waals surface area contributed by atoms with Crippen LogP contribution in [0.3, 0.4) is 0 Å². The summed E-state index contributed by atoms with van der Waals surface area (Å²) in [5.74, 6) is -0.390. The Morgan fingerprint density at radius 1 is 1.07 bits per heavy atom. The van der Waals surface area contributed by atoms with Gasteiger partial charge in [0.2, 0.25) is 0 Å². The van der Waals surface area contributed by atoms with Gasteiger partial charge in [-0.1, -0.05) is 0 Å². The molecule has 1 amide bonds. The van der Waals surface area contributed by atoms with Gasteiger partial charge in [-0.2, -0.15) is 0 Å². The summed E-state index contributed by atoms with van der Waals surface area (Å²) in [5.41, 5.74) is 0.778. The molecule has 1 saturated heterocycles. The number of carbonyl (C=O) groups is 1. The third kappa shape index (κ3) is 5.93. The Bertz CT molecular complexity index is 1420. The van der Waals surface area contributed by atoms with Crippen molar-refractivity contribution < 1.29 is 18.3 Å². The third-order valence-electron chi connectivity index (χ3n) is 6.88. The number of amides is 1. The van der Waals surface area contributed by atoms with Gasteiger partial charge < -0.3 is 30.1 Å². The molecule has 1 atom stereocenters. The average Bonchev–Trinajstić information content (AvgIpc) is 3.26. The molecule has 2 aliphatic heterocycles. The Labute approximate surface area is 238 Å². The van der Waals surface area contributed by atoms with Gasteiger partial charge in [-0.3, -0.25) is 0 Å². The summed E-state index contributed by atoms with van der Waals surface area (Å²) >= 11 is 0. The van der Waals surface area contributed by atoms with E-state index in [0.29, 0.717) is 48.9 Å². The maximum atomic E-state index is 15.6. The monoisotopic (exact) mass is 567 g/mol. The largest absolute Gasteiger partial charge is 0.444 e. The van der Waals surface area contributed by atoms with Crippen LogP contribution < -0.4 is 20.4 Å². The van der Waals surface area contributed by atoms with E-state index in [2.05, 4.69) is 30.6 Å². The minimum absolute atomic E-state index is 0.0279. The second-order valence-electron chi connectivity index (χ2n) is 11.4. The lowest BCUT2D eigenvalue weighted by molar-refractivity contribution is 0.0240. The molecule has 0 bridgehead atoms. The van der Waals surface area contributed by atoms with Gasteiger partial charge in [0.05, 0.1) is 29.9 Å². The molecular formula is C28H35F2N9O2. The van der Waals surface area contributed by atoms with Gasteiger partial charge >= 0.3 is 6.09 Å². The molecule has 218 valence electrons. The van der Waals surface area contributed by atoms with Crippen LogP contribution >= 0.6 is 0 Å². The first kappa shape index (κ1) is 28.2. The quantitative estimate of drug-likeness (QED) is 0.437. The minimum Gasteiger partial charge on any atom is -0.444 e. The highest BCUT2D eigenvalue weighted by Crippen LogP contribution is 2.41. The lowest BCUT2D eigenvalue weighted by Crippen LogP contribution is -2.50. The zero-order valence-electron chi connectivity index (χ0n) is 24.1. The molecule has 2 aliphatic rings. The van der Waals surface area contributed by atoms with Crippen LogP contribution in [0.2, 0.25) is 0 Å². The van der Waals surface area contributed by atoms with Crippen LogP contribution in [0, 0.1) is 11.6 Å². The fraction of sp³-hybridized carbons (Fsp3) is 0.464. The summed E-state index contributed by atoms with van der Waals surface area (Å²) in [5, 5.41) is 6.00. The molecule has 1 fully saturated rings. The van der Waals surface area contributed by atoms with Crippen molar-refractivity contribution in [2.75, 3.05) is 46.6 Å². The summed E-state index contributed by atoms with van der Waals surface area (Å²) < 4.78 is 36.1. The van der Waals surface area contributed by atoms with Crippen molar-refractivity contribution in [2.24, 2.45) is 0 Å². The van der Waals surface area contributed by atoms with Gasteiger partial charge in [0.1, 0.15) is 35.1 Å². The number of hydrogen-bond donors (Lipinski definition) is 2. The molecule has 11 nitrogen and oxygen atoms in total. The summed E-state index contributed by atoms with van der Waals surface area (Å²) in [6.07, 6.45) is 3.85. The van der Waals surface area contributed by atoms with E-state index in [1.54, 1.807) is 17.2 Å². The molecular weight excluding hydrogens is 532 g/mol. The van der Waals surface area contributed by atoms with E-state index in [-0.39, 0.29) is 35.6 Å². The molecule has 1 unspecified atom stereocenters. The first-order chi connectivity index (χ1) is 19.4. The maximum absolute atomic E-state index is 15.6. The summed E-state index contributed by atoms with van der Waals surface area (Å²) in [4.78, 5) is 35.0. The molecule has 13 heteroatoms. The summed E-state index contributed by atoms with van der Waals surface area (Å²) in [7, 11) is 0. The standard InChI is InChI=1S/C28H35F2N9O2/c1-16(2)39-17(3)35-25-19(29)11-18(12-20(25)39)24-23(30)26(34-15-33-24)36-21-13-32-22(14-31-21)37-7-9-38(10-8-37)27(40)41-28(4,5)6/h11-17,35H,7-10H2,1-6H3,(H,31,33,34,36). The van der Waals surface area contributed by atoms with Crippen LogP contribution in [-0.4, -0.2) is 74.9 Å². The molecule has 0 aliphatic carbocycles. The number of anilines is 5. The first-order valence-electron chi connectivity index (χ1n) is 13.6. The van der Waals surface area contributed by atoms with Crippen LogP contribution in [0.25, 0.3) is 11.3 Å². The Morgan fingerprint density at radius 3 is 2.44 bits per heavy atom. The average molecular weight is 568 g/mol. The molecule has 3 aromatic rings. The zero-order valence-corrected chi connectivity index (χ0v) is 24.1. The molecule has 1 aromatic carbocycles. The lowest BCUT2D eigenvalue weighted by Gasteiger charge is -2.36. The predicted octanol–water partition coefficient (Wildman–Crippen LogP) is 5.00. The van der Waals surface area contributed by atoms with E-state index in [1.807, 2.05) is 51.3 Å². The van der Waals surface area contributed by atoms with Crippen LogP contribution in [0.15, 0.2) is 30.9 Å². The number of rotatable bonds is 5. The van der Waals surface area contributed by atoms with Crippen LogP contribution in [-0.2, 0) is 4.74 Å². The fourth-order valence-electron chi connectivity index (χ4n) is 5.06. The van der Waals surface area contributed by atoms with E-state index in [4.69, 9.17) is 4.74 Å². The minimum atomic E-state index is -0.730. The number of carbonyl (C=O) groups excluding carboxylic acids is 1. The highest BCUT2D eigenvalue weighted by atomic mass is 19.1. The van der Waals surface area contributed by atoms with Crippen molar-refractivity contribution in [3.05, 3.63) is 42.5 Å². The number of nitrogens with one attached hydrogen (secondary N) is 2. The molecule has 41 heavy (non-hydrogen) atoms. The molecule has 0 saturated carbocycles. The Kier molecular flexibility index (Phi) is 7.54. The van der Waals surface area contributed by atoms with Crippen LogP contribution in [0.5, 0.6) is 0 Å². The highest BCUT2D eigenvalue weighted by Gasteiger charge is 2.31. The second kappa shape index (κ2) is 10.9. The molecule has 2 N–H and O–H groups in total. The Hall–Kier alpha value is -4.29. The zero-order chi connectivity index (χ0) is 29.5. The van der Waals surface area contributed by atoms with E-state index in [1.165, 1.54) is 18.6 Å². The normalized spacial score (nSPS) is 17.0. The van der Waals surface area contributed by atoms with Gasteiger partial charge in [0.15, 0.2) is 11.6 Å². The topological polar surface area (TPSA) is 112 Å². The third-order valence-corrected chi connectivity index (χ3v) is 6.88. The van der Waals surface area contributed by atoms with Gasteiger partial charge in [-0.15, -0.1) is 0 Å². The number of ether oxygens (including phenoxy) is 1. The van der Waals surface area contributed by atoms with Crippen LogP contribution in [0.4, 0.5) is 42.4 Å². The SMILES string of the molecule is CC(C)N1c2cc(-c3ncnc(Nc4cnc(N5CCN(C(=O)OC(C)(C)C)CC5)cn4)c3F)cc(F)c2NC1C. The Balaban J connectivity index is 1.28. The van der Waals surface area contributed by atoms with E-state index >= 15 is 8.78 Å². The lowest BCUT2D eigenvalue weighted by atomic mass is 10.1. The van der Waals surface area contributed by atoms with Crippen molar-refractivity contribution in [3.8, 4) is 11.3 Å². The van der Waals surface area contributed by atoms with Crippen molar-refractivity contribution in [2.45, 2.75) is 59.4 Å². The number of piperazine rings is 1. The number of benzene rings is 1. The van der Waals surface area contributed by atoms with Crippen LogP contribution in [0.1, 0.15) is 41.5 Å². The summed E-state index contributed by atoms with van der Waals surface area (Å²) in [6.45, 7) is 13.6.